The third-order valence-electron chi connectivity index (χ3n) is 2.70. The van der Waals surface area contributed by atoms with Gasteiger partial charge in [0.2, 0.25) is 0 Å². The molecule has 4 nitrogen and oxygen atoms in total. The van der Waals surface area contributed by atoms with E-state index in [0.717, 1.165) is 11.8 Å². The molecule has 2 heterocycles. The van der Waals surface area contributed by atoms with Crippen molar-refractivity contribution in [3.8, 4) is 11.3 Å². The van der Waals surface area contributed by atoms with Crippen molar-refractivity contribution in [1.29, 1.82) is 0 Å². The third kappa shape index (κ3) is 1.58. The molecule has 0 saturated heterocycles. The molecule has 1 aromatic carbocycles. The zero-order valence-electron chi connectivity index (χ0n) is 9.25. The van der Waals surface area contributed by atoms with Crippen molar-refractivity contribution < 1.29 is 4.79 Å². The molecule has 0 N–H and O–H groups in total. The van der Waals surface area contributed by atoms with Gasteiger partial charge in [-0.3, -0.25) is 4.79 Å². The topological polar surface area (TPSA) is 47.3 Å². The van der Waals surface area contributed by atoms with Gasteiger partial charge in [0.05, 0.1) is 5.56 Å². The largest absolute Gasteiger partial charge is 0.298 e. The number of aldehydes is 1. The van der Waals surface area contributed by atoms with Crippen LogP contribution in [0.1, 0.15) is 10.4 Å². The molecule has 3 aromatic rings. The monoisotopic (exact) mass is 257 g/mol. The Labute approximate surface area is 108 Å². The molecule has 2 aromatic heterocycles. The summed E-state index contributed by atoms with van der Waals surface area (Å²) in [7, 11) is 0. The van der Waals surface area contributed by atoms with Crippen molar-refractivity contribution in [2.45, 2.75) is 0 Å². The molecule has 0 aliphatic carbocycles. The predicted octanol–water partition coefficient (Wildman–Crippen LogP) is 2.86. The van der Waals surface area contributed by atoms with Gasteiger partial charge in [0.1, 0.15) is 11.2 Å². The Bertz CT molecular complexity index is 722. The van der Waals surface area contributed by atoms with Crippen molar-refractivity contribution >= 4 is 23.4 Å². The van der Waals surface area contributed by atoms with E-state index in [2.05, 4.69) is 10.1 Å². The van der Waals surface area contributed by atoms with E-state index in [0.29, 0.717) is 16.8 Å². The van der Waals surface area contributed by atoms with Gasteiger partial charge in [-0.05, 0) is 0 Å². The number of benzene rings is 1. The predicted molar refractivity (Wildman–Crippen MR) is 68.8 cm³/mol. The number of carbonyl (C=O) groups excluding carboxylic acids is 1. The van der Waals surface area contributed by atoms with E-state index in [9.17, 15) is 4.79 Å². The number of hydrogen-bond acceptors (Lipinski definition) is 3. The van der Waals surface area contributed by atoms with Crippen molar-refractivity contribution in [2.24, 2.45) is 0 Å². The quantitative estimate of drug-likeness (QED) is 0.663. The SMILES string of the molecule is O=Cc1c(-c2ccccc2)nn2ccnc(Cl)c12. The average Bonchev–Trinajstić information content (AvgIpc) is 2.79. The number of hydrogen-bond donors (Lipinski definition) is 0. The van der Waals surface area contributed by atoms with E-state index >= 15 is 0 Å². The first-order valence-electron chi connectivity index (χ1n) is 5.34. The van der Waals surface area contributed by atoms with Crippen molar-refractivity contribution in [2.75, 3.05) is 0 Å². The van der Waals surface area contributed by atoms with E-state index in [4.69, 9.17) is 11.6 Å². The van der Waals surface area contributed by atoms with Crippen LogP contribution in [0.2, 0.25) is 5.15 Å². The van der Waals surface area contributed by atoms with Crippen LogP contribution in [0.5, 0.6) is 0 Å². The minimum atomic E-state index is 0.272. The molecular weight excluding hydrogens is 250 g/mol. The highest BCUT2D eigenvalue weighted by atomic mass is 35.5. The molecule has 0 spiro atoms. The lowest BCUT2D eigenvalue weighted by molar-refractivity contribution is 0.112. The molecule has 0 saturated carbocycles. The summed E-state index contributed by atoms with van der Waals surface area (Å²) in [6.45, 7) is 0. The van der Waals surface area contributed by atoms with E-state index < -0.39 is 0 Å². The average molecular weight is 258 g/mol. The summed E-state index contributed by atoms with van der Waals surface area (Å²) in [5.74, 6) is 0. The lowest BCUT2D eigenvalue weighted by Crippen LogP contribution is -1.89. The van der Waals surface area contributed by atoms with Crippen LogP contribution in [-0.4, -0.2) is 20.9 Å². The standard InChI is InChI=1S/C13H8ClN3O/c14-13-12-10(8-18)11(9-4-2-1-3-5-9)16-17(12)7-6-15-13/h1-8H. The summed E-state index contributed by atoms with van der Waals surface area (Å²) in [4.78, 5) is 15.3. The van der Waals surface area contributed by atoms with Gasteiger partial charge < -0.3 is 0 Å². The van der Waals surface area contributed by atoms with Gasteiger partial charge in [0.15, 0.2) is 11.4 Å². The summed E-state index contributed by atoms with van der Waals surface area (Å²) in [5.41, 5.74) is 2.48. The number of fused-ring (bicyclic) bond motifs is 1. The lowest BCUT2D eigenvalue weighted by Gasteiger charge is -1.96. The summed E-state index contributed by atoms with van der Waals surface area (Å²) in [5, 5.41) is 4.65. The van der Waals surface area contributed by atoms with Gasteiger partial charge in [-0.2, -0.15) is 5.10 Å². The van der Waals surface area contributed by atoms with Crippen LogP contribution in [0.25, 0.3) is 16.8 Å². The maximum absolute atomic E-state index is 11.3. The van der Waals surface area contributed by atoms with E-state index in [1.807, 2.05) is 30.3 Å². The number of carbonyl (C=O) groups is 1. The first-order valence-corrected chi connectivity index (χ1v) is 5.72. The molecule has 0 amide bonds. The summed E-state index contributed by atoms with van der Waals surface area (Å²) in [6, 6.07) is 9.50. The Morgan fingerprint density at radius 1 is 1.22 bits per heavy atom. The lowest BCUT2D eigenvalue weighted by atomic mass is 10.1. The molecule has 0 atom stereocenters. The van der Waals surface area contributed by atoms with Gasteiger partial charge in [0.25, 0.3) is 0 Å². The van der Waals surface area contributed by atoms with E-state index in [-0.39, 0.29) is 5.15 Å². The normalized spacial score (nSPS) is 10.7. The Morgan fingerprint density at radius 2 is 2.00 bits per heavy atom. The zero-order chi connectivity index (χ0) is 12.5. The van der Waals surface area contributed by atoms with Crippen LogP contribution in [-0.2, 0) is 0 Å². The fourth-order valence-electron chi connectivity index (χ4n) is 1.90. The highest BCUT2D eigenvalue weighted by molar-refractivity contribution is 6.33. The minimum Gasteiger partial charge on any atom is -0.298 e. The molecule has 0 fully saturated rings. The Hall–Kier alpha value is -2.20. The van der Waals surface area contributed by atoms with Crippen LogP contribution in [0, 0.1) is 0 Å². The molecule has 18 heavy (non-hydrogen) atoms. The van der Waals surface area contributed by atoms with Gasteiger partial charge in [0, 0.05) is 18.0 Å². The highest BCUT2D eigenvalue weighted by Crippen LogP contribution is 2.27. The van der Waals surface area contributed by atoms with Gasteiger partial charge >= 0.3 is 0 Å². The summed E-state index contributed by atoms with van der Waals surface area (Å²) < 4.78 is 1.57. The van der Waals surface area contributed by atoms with Crippen molar-refractivity contribution in [3.63, 3.8) is 0 Å². The fraction of sp³-hybridized carbons (Fsp3) is 0. The molecule has 0 unspecified atom stereocenters. The van der Waals surface area contributed by atoms with Crippen LogP contribution in [0.3, 0.4) is 0 Å². The number of aromatic nitrogens is 3. The highest BCUT2D eigenvalue weighted by Gasteiger charge is 2.16. The van der Waals surface area contributed by atoms with Crippen LogP contribution in [0.4, 0.5) is 0 Å². The van der Waals surface area contributed by atoms with Crippen LogP contribution in [0.15, 0.2) is 42.7 Å². The molecule has 0 bridgehead atoms. The Morgan fingerprint density at radius 3 is 2.72 bits per heavy atom. The molecule has 5 heteroatoms. The van der Waals surface area contributed by atoms with Crippen molar-refractivity contribution in [1.82, 2.24) is 14.6 Å². The summed E-state index contributed by atoms with van der Waals surface area (Å²) >= 11 is 6.01. The van der Waals surface area contributed by atoms with E-state index in [1.165, 1.54) is 0 Å². The summed E-state index contributed by atoms with van der Waals surface area (Å²) in [6.07, 6.45) is 3.98. The second-order valence-electron chi connectivity index (χ2n) is 3.76. The molecule has 88 valence electrons. The number of halogens is 1. The Kier molecular flexibility index (Phi) is 2.57. The molecule has 0 aliphatic rings. The van der Waals surface area contributed by atoms with E-state index in [1.54, 1.807) is 16.9 Å². The third-order valence-corrected chi connectivity index (χ3v) is 2.98. The first kappa shape index (κ1) is 10.9. The maximum Gasteiger partial charge on any atom is 0.155 e. The number of nitrogens with zero attached hydrogens (tertiary/aromatic N) is 3. The molecule has 0 radical (unpaired) electrons. The van der Waals surface area contributed by atoms with Crippen LogP contribution < -0.4 is 0 Å². The number of rotatable bonds is 2. The Balaban J connectivity index is 2.37. The molecule has 0 aliphatic heterocycles. The van der Waals surface area contributed by atoms with Gasteiger partial charge in [-0.15, -0.1) is 0 Å². The maximum atomic E-state index is 11.3. The fourth-order valence-corrected chi connectivity index (χ4v) is 2.15. The smallest absolute Gasteiger partial charge is 0.155 e. The van der Waals surface area contributed by atoms with Gasteiger partial charge in [-0.1, -0.05) is 41.9 Å². The van der Waals surface area contributed by atoms with Crippen LogP contribution >= 0.6 is 11.6 Å². The minimum absolute atomic E-state index is 0.272. The molecular formula is C13H8ClN3O. The van der Waals surface area contributed by atoms with Crippen molar-refractivity contribution in [3.05, 3.63) is 53.4 Å². The first-order chi connectivity index (χ1) is 8.81. The zero-order valence-corrected chi connectivity index (χ0v) is 10.0. The van der Waals surface area contributed by atoms with Gasteiger partial charge in [-0.25, -0.2) is 9.50 Å². The second kappa shape index (κ2) is 4.23. The second-order valence-corrected chi connectivity index (χ2v) is 4.12. The molecule has 3 rings (SSSR count).